The highest BCUT2D eigenvalue weighted by atomic mass is 32.1. The largest absolute Gasteiger partial charge is 0.377 e. The fourth-order valence-electron chi connectivity index (χ4n) is 4.49. The first kappa shape index (κ1) is 15.1. The second-order valence-electron chi connectivity index (χ2n) is 7.40. The topological polar surface area (TPSA) is 54.3 Å². The highest BCUT2D eigenvalue weighted by Gasteiger charge is 2.37. The van der Waals surface area contributed by atoms with E-state index in [2.05, 4.69) is 15.0 Å². The number of anilines is 1. The Bertz CT molecular complexity index is 1010. The summed E-state index contributed by atoms with van der Waals surface area (Å²) in [4.78, 5) is 25.2. The van der Waals surface area contributed by atoms with Crippen molar-refractivity contribution in [2.24, 2.45) is 11.8 Å². The summed E-state index contributed by atoms with van der Waals surface area (Å²) in [7, 11) is 4.00. The van der Waals surface area contributed by atoms with Crippen LogP contribution in [0.5, 0.6) is 0 Å². The Balaban J connectivity index is 1.66. The molecule has 0 aromatic carbocycles. The van der Waals surface area contributed by atoms with Gasteiger partial charge in [-0.05, 0) is 30.7 Å². The molecule has 3 aromatic rings. The summed E-state index contributed by atoms with van der Waals surface area (Å²) in [5.74, 6) is 1.49. The smallest absolute Gasteiger partial charge is 0.290 e. The number of rotatable bonds is 2. The molecule has 1 saturated carbocycles. The number of nitrogens with zero attached hydrogens (tertiary/aromatic N) is 5. The van der Waals surface area contributed by atoms with Crippen LogP contribution in [0.15, 0.2) is 23.4 Å². The number of thiophene rings is 1. The number of fused-ring (bicyclic) bond motifs is 4. The molecule has 1 aliphatic heterocycles. The number of hydrogen-bond donors (Lipinski definition) is 0. The quantitative estimate of drug-likeness (QED) is 0.707. The van der Waals surface area contributed by atoms with Crippen LogP contribution in [0.2, 0.25) is 0 Å². The molecule has 130 valence electrons. The Morgan fingerprint density at radius 2 is 1.96 bits per heavy atom. The fourth-order valence-corrected chi connectivity index (χ4v) is 5.53. The summed E-state index contributed by atoms with van der Waals surface area (Å²) in [6.07, 6.45) is 7.44. The average molecular weight is 355 g/mol. The Hall–Kier alpha value is -2.15. The molecule has 1 aliphatic carbocycles. The lowest BCUT2D eigenvalue weighted by Gasteiger charge is -2.21. The lowest BCUT2D eigenvalue weighted by molar-refractivity contribution is 0.494. The van der Waals surface area contributed by atoms with Gasteiger partial charge in [-0.15, -0.1) is 11.3 Å². The second-order valence-corrected chi connectivity index (χ2v) is 8.40. The van der Waals surface area contributed by atoms with Crippen LogP contribution in [0, 0.1) is 11.8 Å². The van der Waals surface area contributed by atoms with E-state index in [0.717, 1.165) is 46.3 Å². The van der Waals surface area contributed by atoms with Gasteiger partial charge in [0.1, 0.15) is 21.4 Å². The van der Waals surface area contributed by atoms with E-state index in [9.17, 15) is 4.79 Å². The van der Waals surface area contributed by atoms with Gasteiger partial charge in [0.25, 0.3) is 5.56 Å². The Morgan fingerprint density at radius 1 is 1.20 bits per heavy atom. The Kier molecular flexibility index (Phi) is 3.28. The zero-order chi connectivity index (χ0) is 17.1. The van der Waals surface area contributed by atoms with Crippen molar-refractivity contribution >= 4 is 37.5 Å². The zero-order valence-electron chi connectivity index (χ0n) is 14.5. The molecule has 0 bridgehead atoms. The van der Waals surface area contributed by atoms with Gasteiger partial charge >= 0.3 is 0 Å². The van der Waals surface area contributed by atoms with Gasteiger partial charge < -0.3 is 9.91 Å². The average Bonchev–Trinajstić information content (AvgIpc) is 3.27. The lowest BCUT2D eigenvalue weighted by atomic mass is 10.0. The summed E-state index contributed by atoms with van der Waals surface area (Å²) >= 11 is 1.45. The van der Waals surface area contributed by atoms with Crippen molar-refractivity contribution in [3.05, 3.63) is 28.9 Å². The zero-order valence-corrected chi connectivity index (χ0v) is 15.3. The van der Waals surface area contributed by atoms with Crippen LogP contribution in [-0.4, -0.2) is 41.8 Å². The van der Waals surface area contributed by atoms with Crippen LogP contribution in [-0.2, 0) is 0 Å². The maximum atomic E-state index is 13.1. The molecule has 6 nitrogen and oxygen atoms in total. The minimum absolute atomic E-state index is 0.0395. The van der Waals surface area contributed by atoms with Crippen molar-refractivity contribution in [2.75, 3.05) is 37.1 Å². The molecule has 2 aliphatic rings. The molecule has 2 fully saturated rings. The Morgan fingerprint density at radius 3 is 2.68 bits per heavy atom. The SMILES string of the molecule is CN(C)c1ccnc2sc3c(=O)n(N4CC5CCCC5C4)cnc3c12. The molecule has 5 rings (SSSR count). The molecule has 4 heterocycles. The molecule has 0 radical (unpaired) electrons. The van der Waals surface area contributed by atoms with Gasteiger partial charge in [-0.1, -0.05) is 6.42 Å². The molecule has 3 aromatic heterocycles. The molecular formula is C18H21N5OS. The van der Waals surface area contributed by atoms with E-state index in [1.807, 2.05) is 25.1 Å². The first-order chi connectivity index (χ1) is 12.1. The number of hydrogen-bond acceptors (Lipinski definition) is 6. The third kappa shape index (κ3) is 2.18. The molecule has 0 spiro atoms. The molecule has 0 N–H and O–H groups in total. The predicted molar refractivity (Wildman–Crippen MR) is 102 cm³/mol. The summed E-state index contributed by atoms with van der Waals surface area (Å²) in [6, 6.07) is 1.98. The number of aromatic nitrogens is 3. The summed E-state index contributed by atoms with van der Waals surface area (Å²) in [6.45, 7) is 1.95. The van der Waals surface area contributed by atoms with Crippen LogP contribution in [0.3, 0.4) is 0 Å². The van der Waals surface area contributed by atoms with Crippen molar-refractivity contribution in [1.29, 1.82) is 0 Å². The molecule has 0 amide bonds. The Labute approximate surface area is 149 Å². The van der Waals surface area contributed by atoms with Crippen LogP contribution >= 0.6 is 11.3 Å². The van der Waals surface area contributed by atoms with Crippen molar-refractivity contribution in [2.45, 2.75) is 19.3 Å². The second kappa shape index (κ2) is 5.42. The van der Waals surface area contributed by atoms with Crippen molar-refractivity contribution in [1.82, 2.24) is 14.6 Å². The highest BCUT2D eigenvalue weighted by Crippen LogP contribution is 2.38. The van der Waals surface area contributed by atoms with Crippen molar-refractivity contribution < 1.29 is 0 Å². The number of pyridine rings is 1. The van der Waals surface area contributed by atoms with Crippen LogP contribution in [0.1, 0.15) is 19.3 Å². The van der Waals surface area contributed by atoms with Crippen molar-refractivity contribution in [3.63, 3.8) is 0 Å². The lowest BCUT2D eigenvalue weighted by Crippen LogP contribution is -2.41. The first-order valence-corrected chi connectivity index (χ1v) is 9.66. The third-order valence-corrected chi connectivity index (χ3v) is 6.81. The maximum absolute atomic E-state index is 13.1. The molecule has 25 heavy (non-hydrogen) atoms. The van der Waals surface area contributed by atoms with Crippen LogP contribution in [0.4, 0.5) is 5.69 Å². The van der Waals surface area contributed by atoms with Gasteiger partial charge in [-0.25, -0.2) is 14.6 Å². The molecule has 7 heteroatoms. The van der Waals surface area contributed by atoms with E-state index in [1.165, 1.54) is 30.6 Å². The molecule has 2 unspecified atom stereocenters. The summed E-state index contributed by atoms with van der Waals surface area (Å²) in [5, 5.41) is 3.17. The van der Waals surface area contributed by atoms with E-state index in [0.29, 0.717) is 4.70 Å². The van der Waals surface area contributed by atoms with E-state index in [-0.39, 0.29) is 5.56 Å². The van der Waals surface area contributed by atoms with Gasteiger partial charge in [-0.3, -0.25) is 4.79 Å². The van der Waals surface area contributed by atoms with E-state index >= 15 is 0 Å². The summed E-state index contributed by atoms with van der Waals surface area (Å²) in [5.41, 5.74) is 1.87. The van der Waals surface area contributed by atoms with Gasteiger partial charge in [-0.2, -0.15) is 0 Å². The van der Waals surface area contributed by atoms with E-state index in [1.54, 1.807) is 17.2 Å². The van der Waals surface area contributed by atoms with Crippen LogP contribution < -0.4 is 15.5 Å². The van der Waals surface area contributed by atoms with Gasteiger partial charge in [0, 0.05) is 33.4 Å². The predicted octanol–water partition coefficient (Wildman–Crippen LogP) is 2.44. The van der Waals surface area contributed by atoms with Gasteiger partial charge in [0.2, 0.25) is 0 Å². The summed E-state index contributed by atoms with van der Waals surface area (Å²) < 4.78 is 2.45. The fraction of sp³-hybridized carbons (Fsp3) is 0.500. The molecule has 1 saturated heterocycles. The normalized spacial score (nSPS) is 22.9. The van der Waals surface area contributed by atoms with Gasteiger partial charge in [0.05, 0.1) is 11.1 Å². The standard InChI is InChI=1S/C18H21N5OS/c1-21(2)13-6-7-19-17-14(13)15-16(25-17)18(24)23(10-20-15)22-8-11-4-3-5-12(11)9-22/h6-7,10-12H,3-5,8-9H2,1-2H3. The monoisotopic (exact) mass is 355 g/mol. The van der Waals surface area contributed by atoms with Gasteiger partial charge in [0.15, 0.2) is 0 Å². The minimum atomic E-state index is 0.0395. The highest BCUT2D eigenvalue weighted by molar-refractivity contribution is 7.25. The van der Waals surface area contributed by atoms with E-state index in [4.69, 9.17) is 0 Å². The third-order valence-electron chi connectivity index (χ3n) is 5.74. The first-order valence-electron chi connectivity index (χ1n) is 8.85. The maximum Gasteiger partial charge on any atom is 0.290 e. The van der Waals surface area contributed by atoms with Crippen molar-refractivity contribution in [3.8, 4) is 0 Å². The molecule has 2 atom stereocenters. The minimum Gasteiger partial charge on any atom is -0.377 e. The molecular weight excluding hydrogens is 334 g/mol. The van der Waals surface area contributed by atoms with E-state index < -0.39 is 0 Å². The van der Waals surface area contributed by atoms with Crippen LogP contribution in [0.25, 0.3) is 20.4 Å².